The van der Waals surface area contributed by atoms with E-state index in [1.54, 1.807) is 6.20 Å². The maximum atomic E-state index is 10.9. The molecule has 1 aliphatic heterocycles. The fourth-order valence-corrected chi connectivity index (χ4v) is 1.69. The van der Waals surface area contributed by atoms with Gasteiger partial charge in [-0.1, -0.05) is 18.2 Å². The van der Waals surface area contributed by atoms with Crippen LogP contribution < -0.4 is 11.1 Å². The lowest BCUT2D eigenvalue weighted by Gasteiger charge is -2.19. The zero-order chi connectivity index (χ0) is 11.8. The minimum atomic E-state index is -1.25. The molecular formula is C12H13N2O2. The molecule has 0 aromatic heterocycles. The zero-order valence-corrected chi connectivity index (χ0v) is 8.97. The van der Waals surface area contributed by atoms with E-state index in [1.165, 1.54) is 6.92 Å². The van der Waals surface area contributed by atoms with E-state index in [-0.39, 0.29) is 6.42 Å². The molecule has 1 aromatic carbocycles. The maximum Gasteiger partial charge on any atom is 0.323 e. The minimum Gasteiger partial charge on any atom is -0.480 e. The summed E-state index contributed by atoms with van der Waals surface area (Å²) in [5, 5.41) is 13.2. The van der Waals surface area contributed by atoms with Crippen molar-refractivity contribution in [2.24, 2.45) is 5.73 Å². The monoisotopic (exact) mass is 217 g/mol. The molecule has 16 heavy (non-hydrogen) atoms. The molecular weight excluding hydrogens is 204 g/mol. The van der Waals surface area contributed by atoms with Gasteiger partial charge in [-0.15, -0.1) is 0 Å². The van der Waals surface area contributed by atoms with Crippen LogP contribution in [0.2, 0.25) is 0 Å². The van der Waals surface area contributed by atoms with E-state index in [2.05, 4.69) is 5.32 Å². The van der Waals surface area contributed by atoms with Crippen LogP contribution in [0.5, 0.6) is 0 Å². The summed E-state index contributed by atoms with van der Waals surface area (Å²) < 4.78 is 0. The quantitative estimate of drug-likeness (QED) is 0.804. The van der Waals surface area contributed by atoms with Gasteiger partial charge in [0.1, 0.15) is 5.54 Å². The Morgan fingerprint density at radius 1 is 1.50 bits per heavy atom. The first kappa shape index (κ1) is 10.7. The van der Waals surface area contributed by atoms with Crippen molar-refractivity contribution < 1.29 is 9.90 Å². The smallest absolute Gasteiger partial charge is 0.323 e. The summed E-state index contributed by atoms with van der Waals surface area (Å²) in [4.78, 5) is 10.9. The molecule has 0 spiro atoms. The Bertz CT molecular complexity index is 464. The van der Waals surface area contributed by atoms with Crippen molar-refractivity contribution in [1.29, 1.82) is 0 Å². The molecule has 2 rings (SSSR count). The number of hydrogen-bond acceptors (Lipinski definition) is 2. The van der Waals surface area contributed by atoms with Gasteiger partial charge in [-0.3, -0.25) is 10.1 Å². The highest BCUT2D eigenvalue weighted by Gasteiger charge is 2.31. The van der Waals surface area contributed by atoms with Crippen LogP contribution in [0.25, 0.3) is 5.57 Å². The van der Waals surface area contributed by atoms with Crippen LogP contribution in [-0.2, 0) is 4.79 Å². The molecule has 0 aliphatic carbocycles. The van der Waals surface area contributed by atoms with Gasteiger partial charge in [0.2, 0.25) is 0 Å². The number of carboxylic acid groups (broad SMARTS) is 1. The third-order valence-corrected chi connectivity index (χ3v) is 2.66. The summed E-state index contributed by atoms with van der Waals surface area (Å²) in [5.41, 5.74) is 7.19. The number of nitrogens with two attached hydrogens (primary N) is 1. The third kappa shape index (κ3) is 1.79. The van der Waals surface area contributed by atoms with E-state index in [0.717, 1.165) is 16.8 Å². The molecule has 0 bridgehead atoms. The lowest BCUT2D eigenvalue weighted by molar-refractivity contribution is -0.142. The lowest BCUT2D eigenvalue weighted by Crippen LogP contribution is -2.44. The van der Waals surface area contributed by atoms with Crippen LogP contribution in [-0.4, -0.2) is 16.6 Å². The fraction of sp³-hybridized carbons (Fsp3) is 0.250. The highest BCUT2D eigenvalue weighted by molar-refractivity contribution is 5.85. The number of benzene rings is 1. The lowest BCUT2D eigenvalue weighted by atomic mass is 9.91. The Labute approximate surface area is 93.8 Å². The van der Waals surface area contributed by atoms with Gasteiger partial charge in [0.15, 0.2) is 0 Å². The van der Waals surface area contributed by atoms with Crippen molar-refractivity contribution in [3.05, 3.63) is 36.0 Å². The van der Waals surface area contributed by atoms with Crippen molar-refractivity contribution in [2.75, 3.05) is 0 Å². The van der Waals surface area contributed by atoms with Crippen LogP contribution in [0.3, 0.4) is 0 Å². The van der Waals surface area contributed by atoms with E-state index in [4.69, 9.17) is 10.8 Å². The molecule has 1 unspecified atom stereocenters. The van der Waals surface area contributed by atoms with Crippen LogP contribution in [0.1, 0.15) is 18.9 Å². The predicted molar refractivity (Wildman–Crippen MR) is 61.1 cm³/mol. The van der Waals surface area contributed by atoms with Gasteiger partial charge in [0.05, 0.1) is 5.69 Å². The summed E-state index contributed by atoms with van der Waals surface area (Å²) in [6, 6.07) is 7.63. The van der Waals surface area contributed by atoms with Gasteiger partial charge >= 0.3 is 5.97 Å². The Morgan fingerprint density at radius 3 is 2.88 bits per heavy atom. The topological polar surface area (TPSA) is 77.4 Å². The van der Waals surface area contributed by atoms with Crippen molar-refractivity contribution in [1.82, 2.24) is 5.32 Å². The molecule has 0 saturated carbocycles. The standard InChI is InChI=1S/C12H13N2O2/c1-12(13,11(15)16)6-8-7-14-10-5-3-2-4-9(8)10/h2-5,7H,6,13H2,1H3,(H,15,16). The summed E-state index contributed by atoms with van der Waals surface area (Å²) >= 11 is 0. The van der Waals surface area contributed by atoms with Crippen molar-refractivity contribution in [3.63, 3.8) is 0 Å². The average Bonchev–Trinajstić information content (AvgIpc) is 2.61. The maximum absolute atomic E-state index is 10.9. The SMILES string of the molecule is CC(N)(CC1=C[N]c2ccccc21)C(=O)O. The molecule has 3 N–H and O–H groups in total. The van der Waals surface area contributed by atoms with Gasteiger partial charge < -0.3 is 10.8 Å². The number of carboxylic acids is 1. The molecule has 0 fully saturated rings. The summed E-state index contributed by atoms with van der Waals surface area (Å²) in [5.74, 6) is -1.00. The largest absolute Gasteiger partial charge is 0.480 e. The Kier molecular flexibility index (Phi) is 2.44. The summed E-state index contributed by atoms with van der Waals surface area (Å²) in [6.07, 6.45) is 1.97. The van der Waals surface area contributed by atoms with E-state index < -0.39 is 11.5 Å². The van der Waals surface area contributed by atoms with Gasteiger partial charge in [-0.25, -0.2) is 0 Å². The molecule has 1 atom stereocenters. The van der Waals surface area contributed by atoms with Crippen LogP contribution in [0.4, 0.5) is 5.69 Å². The molecule has 1 aliphatic rings. The van der Waals surface area contributed by atoms with Gasteiger partial charge in [-0.05, 0) is 18.6 Å². The van der Waals surface area contributed by atoms with Crippen LogP contribution in [0, 0.1) is 0 Å². The number of fused-ring (bicyclic) bond motifs is 1. The normalized spacial score (nSPS) is 17.0. The molecule has 4 nitrogen and oxygen atoms in total. The summed E-state index contributed by atoms with van der Waals surface area (Å²) in [6.45, 7) is 1.51. The van der Waals surface area contributed by atoms with E-state index >= 15 is 0 Å². The third-order valence-electron chi connectivity index (χ3n) is 2.66. The second-order valence-electron chi connectivity index (χ2n) is 4.20. The number of para-hydroxylation sites is 1. The fourth-order valence-electron chi connectivity index (χ4n) is 1.69. The molecule has 83 valence electrons. The first-order valence-electron chi connectivity index (χ1n) is 5.02. The summed E-state index contributed by atoms with van der Waals surface area (Å²) in [7, 11) is 0. The molecule has 0 saturated heterocycles. The van der Waals surface area contributed by atoms with E-state index in [9.17, 15) is 4.79 Å². The molecule has 4 heteroatoms. The van der Waals surface area contributed by atoms with Crippen LogP contribution in [0.15, 0.2) is 30.5 Å². The number of hydrogen-bond donors (Lipinski definition) is 2. The second-order valence-corrected chi connectivity index (χ2v) is 4.20. The first-order valence-corrected chi connectivity index (χ1v) is 5.02. The second kappa shape index (κ2) is 3.64. The number of rotatable bonds is 3. The number of aliphatic carboxylic acids is 1. The Hall–Kier alpha value is -1.81. The minimum absolute atomic E-state index is 0.281. The highest BCUT2D eigenvalue weighted by Crippen LogP contribution is 2.34. The van der Waals surface area contributed by atoms with Crippen molar-refractivity contribution >= 4 is 17.2 Å². The Balaban J connectivity index is 2.24. The van der Waals surface area contributed by atoms with Crippen LogP contribution >= 0.6 is 0 Å². The Morgan fingerprint density at radius 2 is 2.19 bits per heavy atom. The van der Waals surface area contributed by atoms with Crippen molar-refractivity contribution in [2.45, 2.75) is 18.9 Å². The average molecular weight is 217 g/mol. The molecule has 1 heterocycles. The van der Waals surface area contributed by atoms with E-state index in [1.807, 2.05) is 24.3 Å². The molecule has 1 radical (unpaired) electrons. The number of carbonyl (C=O) groups is 1. The van der Waals surface area contributed by atoms with Gasteiger partial charge in [0, 0.05) is 18.2 Å². The zero-order valence-electron chi connectivity index (χ0n) is 8.97. The number of nitrogens with zero attached hydrogens (tertiary/aromatic N) is 1. The first-order chi connectivity index (χ1) is 7.50. The van der Waals surface area contributed by atoms with E-state index in [0.29, 0.717) is 0 Å². The predicted octanol–water partition coefficient (Wildman–Crippen LogP) is 1.47. The van der Waals surface area contributed by atoms with Crippen molar-refractivity contribution in [3.8, 4) is 0 Å². The highest BCUT2D eigenvalue weighted by atomic mass is 16.4. The molecule has 0 amide bonds. The molecule has 1 aromatic rings. The van der Waals surface area contributed by atoms with Gasteiger partial charge in [-0.2, -0.15) is 0 Å². The van der Waals surface area contributed by atoms with Gasteiger partial charge in [0.25, 0.3) is 0 Å².